The Morgan fingerprint density at radius 2 is 1.89 bits per heavy atom. The van der Waals surface area contributed by atoms with Crippen molar-refractivity contribution in [3.8, 4) is 16.9 Å². The zero-order chi connectivity index (χ0) is 26.2. The van der Waals surface area contributed by atoms with Crippen molar-refractivity contribution < 1.29 is 19.1 Å². The average Bonchev–Trinajstić information content (AvgIpc) is 3.47. The van der Waals surface area contributed by atoms with Crippen LogP contribution in [0.5, 0.6) is 5.75 Å². The summed E-state index contributed by atoms with van der Waals surface area (Å²) in [5.74, 6) is 0.676. The van der Waals surface area contributed by atoms with E-state index in [1.165, 1.54) is 4.90 Å². The molecule has 0 saturated carbocycles. The summed E-state index contributed by atoms with van der Waals surface area (Å²) < 4.78 is 11.0. The first-order valence-corrected chi connectivity index (χ1v) is 12.3. The van der Waals surface area contributed by atoms with Gasteiger partial charge in [0.2, 0.25) is 5.91 Å². The molecule has 1 aliphatic rings. The standard InChI is InChI=1S/C29H30N4O4/c1-29(2,3)37-28(35)33-15-13-22(27(33)34)21-11-12-23(36-4)26-25(21)31-24(32-26)16-18-7-9-19(10-8-18)20-6-5-14-30-17-20/h5-12,14,17,22H,13,15-16H2,1-4H3,(H,31,32). The second kappa shape index (κ2) is 9.69. The molecule has 1 unspecified atom stereocenters. The molecule has 1 fully saturated rings. The van der Waals surface area contributed by atoms with Crippen LogP contribution in [0.25, 0.3) is 22.2 Å². The molecule has 2 aromatic heterocycles. The lowest BCUT2D eigenvalue weighted by atomic mass is 9.96. The molecule has 4 aromatic rings. The number of carbonyl (C=O) groups excluding carboxylic acids is 2. The smallest absolute Gasteiger partial charge is 0.417 e. The summed E-state index contributed by atoms with van der Waals surface area (Å²) >= 11 is 0. The largest absolute Gasteiger partial charge is 0.494 e. The third-order valence-corrected chi connectivity index (χ3v) is 6.42. The number of ether oxygens (including phenoxy) is 2. The first kappa shape index (κ1) is 24.5. The Morgan fingerprint density at radius 3 is 2.57 bits per heavy atom. The zero-order valence-corrected chi connectivity index (χ0v) is 21.4. The molecule has 8 nitrogen and oxygen atoms in total. The van der Waals surface area contributed by atoms with Crippen molar-refractivity contribution in [3.63, 3.8) is 0 Å². The third-order valence-electron chi connectivity index (χ3n) is 6.42. The van der Waals surface area contributed by atoms with E-state index >= 15 is 0 Å². The van der Waals surface area contributed by atoms with Crippen LogP contribution < -0.4 is 4.74 Å². The Hall–Kier alpha value is -4.20. The number of carbonyl (C=O) groups is 2. The van der Waals surface area contributed by atoms with E-state index in [2.05, 4.69) is 34.2 Å². The number of imidazole rings is 1. The van der Waals surface area contributed by atoms with Crippen molar-refractivity contribution in [2.24, 2.45) is 0 Å². The van der Waals surface area contributed by atoms with Crippen molar-refractivity contribution in [2.45, 2.75) is 45.1 Å². The van der Waals surface area contributed by atoms with E-state index in [-0.39, 0.29) is 5.91 Å². The molecular weight excluding hydrogens is 468 g/mol. The molecule has 0 aliphatic carbocycles. The van der Waals surface area contributed by atoms with E-state index in [9.17, 15) is 9.59 Å². The fourth-order valence-corrected chi connectivity index (χ4v) is 4.68. The molecule has 2 aromatic carbocycles. The van der Waals surface area contributed by atoms with Gasteiger partial charge in [0.25, 0.3) is 0 Å². The number of rotatable bonds is 5. The average molecular weight is 499 g/mol. The van der Waals surface area contributed by atoms with Crippen molar-refractivity contribution in [2.75, 3.05) is 13.7 Å². The van der Waals surface area contributed by atoms with Crippen LogP contribution >= 0.6 is 0 Å². The number of aromatic amines is 1. The number of H-pyrrole nitrogens is 1. The van der Waals surface area contributed by atoms with Gasteiger partial charge in [-0.2, -0.15) is 0 Å². The number of aromatic nitrogens is 3. The Labute approximate surface area is 215 Å². The maximum Gasteiger partial charge on any atom is 0.417 e. The number of benzene rings is 2. The van der Waals surface area contributed by atoms with Crippen LogP contribution in [0.1, 0.15) is 50.1 Å². The van der Waals surface area contributed by atoms with Gasteiger partial charge in [0.15, 0.2) is 0 Å². The quantitative estimate of drug-likeness (QED) is 0.392. The topological polar surface area (TPSA) is 97.4 Å². The molecule has 1 saturated heterocycles. The SMILES string of the molecule is COc1ccc(C2CCN(C(=O)OC(C)(C)C)C2=O)c2nc(Cc3ccc(-c4cccnc4)cc3)[nH]c12. The van der Waals surface area contributed by atoms with Gasteiger partial charge in [0.05, 0.1) is 18.5 Å². The van der Waals surface area contributed by atoms with Gasteiger partial charge in [-0.15, -0.1) is 0 Å². The highest BCUT2D eigenvalue weighted by Crippen LogP contribution is 2.37. The molecule has 2 amide bonds. The molecule has 0 bridgehead atoms. The number of imide groups is 1. The fourth-order valence-electron chi connectivity index (χ4n) is 4.68. The lowest BCUT2D eigenvalue weighted by molar-refractivity contribution is -0.128. The lowest BCUT2D eigenvalue weighted by Gasteiger charge is -2.23. The van der Waals surface area contributed by atoms with E-state index < -0.39 is 17.6 Å². The van der Waals surface area contributed by atoms with Gasteiger partial charge in [-0.25, -0.2) is 14.7 Å². The van der Waals surface area contributed by atoms with Crippen molar-refractivity contribution in [1.29, 1.82) is 0 Å². The van der Waals surface area contributed by atoms with Crippen LogP contribution in [0.2, 0.25) is 0 Å². The summed E-state index contributed by atoms with van der Waals surface area (Å²) in [6.45, 7) is 5.67. The Bertz CT molecular complexity index is 1440. The predicted octanol–water partition coefficient (Wildman–Crippen LogP) is 5.48. The first-order chi connectivity index (χ1) is 17.7. The summed E-state index contributed by atoms with van der Waals surface area (Å²) in [5, 5.41) is 0. The van der Waals surface area contributed by atoms with Crippen molar-refractivity contribution in [3.05, 3.63) is 77.9 Å². The third kappa shape index (κ3) is 5.05. The molecule has 0 spiro atoms. The molecule has 3 heterocycles. The number of amides is 2. The van der Waals surface area contributed by atoms with Crippen LogP contribution in [0, 0.1) is 0 Å². The number of pyridine rings is 1. The molecule has 1 aliphatic heterocycles. The summed E-state index contributed by atoms with van der Waals surface area (Å²) in [5.41, 5.74) is 4.79. The van der Waals surface area contributed by atoms with Gasteiger partial charge in [0, 0.05) is 25.4 Å². The molecule has 1 atom stereocenters. The molecule has 5 rings (SSSR count). The molecule has 0 radical (unpaired) electrons. The molecule has 190 valence electrons. The number of hydrogen-bond acceptors (Lipinski definition) is 6. The summed E-state index contributed by atoms with van der Waals surface area (Å²) in [4.78, 5) is 39.5. The van der Waals surface area contributed by atoms with Gasteiger partial charge in [-0.1, -0.05) is 36.4 Å². The number of nitrogens with zero attached hydrogens (tertiary/aromatic N) is 3. The predicted molar refractivity (Wildman–Crippen MR) is 140 cm³/mol. The maximum atomic E-state index is 13.2. The fraction of sp³-hybridized carbons (Fsp3) is 0.310. The van der Waals surface area contributed by atoms with Crippen LogP contribution in [0.3, 0.4) is 0 Å². The normalized spacial score (nSPS) is 15.8. The molecule has 8 heteroatoms. The Kier molecular flexibility index (Phi) is 6.41. The van der Waals surface area contributed by atoms with Crippen LogP contribution in [-0.2, 0) is 16.0 Å². The zero-order valence-electron chi connectivity index (χ0n) is 21.4. The maximum absolute atomic E-state index is 13.2. The minimum absolute atomic E-state index is 0.267. The lowest BCUT2D eigenvalue weighted by Crippen LogP contribution is -2.38. The van der Waals surface area contributed by atoms with Crippen LogP contribution in [0.15, 0.2) is 60.9 Å². The van der Waals surface area contributed by atoms with Crippen LogP contribution in [0.4, 0.5) is 4.79 Å². The summed E-state index contributed by atoms with van der Waals surface area (Å²) in [7, 11) is 1.61. The highest BCUT2D eigenvalue weighted by Gasteiger charge is 2.40. The summed E-state index contributed by atoms with van der Waals surface area (Å²) in [6.07, 6.45) is 4.10. The molecular formula is C29H30N4O4. The number of hydrogen-bond donors (Lipinski definition) is 1. The second-order valence-corrected chi connectivity index (χ2v) is 10.2. The minimum atomic E-state index is -0.671. The van der Waals surface area contributed by atoms with Crippen LogP contribution in [-0.4, -0.2) is 51.1 Å². The van der Waals surface area contributed by atoms with Gasteiger partial charge in [0.1, 0.15) is 22.7 Å². The van der Waals surface area contributed by atoms with Gasteiger partial charge in [-0.05, 0) is 61.6 Å². The van der Waals surface area contributed by atoms with Crippen molar-refractivity contribution >= 4 is 23.0 Å². The van der Waals surface area contributed by atoms with E-state index in [0.29, 0.717) is 30.7 Å². The molecule has 1 N–H and O–H groups in total. The number of methoxy groups -OCH3 is 1. The van der Waals surface area contributed by atoms with Crippen molar-refractivity contribution in [1.82, 2.24) is 19.9 Å². The Balaban J connectivity index is 1.41. The van der Waals surface area contributed by atoms with E-state index in [1.807, 2.05) is 30.5 Å². The van der Waals surface area contributed by atoms with E-state index in [1.54, 1.807) is 34.1 Å². The van der Waals surface area contributed by atoms with Gasteiger partial charge >= 0.3 is 6.09 Å². The number of fused-ring (bicyclic) bond motifs is 1. The monoisotopic (exact) mass is 498 g/mol. The second-order valence-electron chi connectivity index (χ2n) is 10.2. The number of nitrogens with one attached hydrogen (secondary N) is 1. The van der Waals surface area contributed by atoms with Gasteiger partial charge < -0.3 is 14.5 Å². The summed E-state index contributed by atoms with van der Waals surface area (Å²) in [6, 6.07) is 16.0. The number of likely N-dealkylation sites (tertiary alicyclic amines) is 1. The minimum Gasteiger partial charge on any atom is -0.494 e. The van der Waals surface area contributed by atoms with E-state index in [4.69, 9.17) is 14.5 Å². The van der Waals surface area contributed by atoms with Gasteiger partial charge in [-0.3, -0.25) is 9.78 Å². The molecule has 37 heavy (non-hydrogen) atoms. The van der Waals surface area contributed by atoms with E-state index in [0.717, 1.165) is 33.6 Å². The highest BCUT2D eigenvalue weighted by atomic mass is 16.6. The first-order valence-electron chi connectivity index (χ1n) is 12.3. The highest BCUT2D eigenvalue weighted by molar-refractivity contribution is 6.00. The Morgan fingerprint density at radius 1 is 1.11 bits per heavy atom.